The molecule has 30 heavy (non-hydrogen) atoms. The van der Waals surface area contributed by atoms with Crippen LogP contribution >= 0.6 is 0 Å². The van der Waals surface area contributed by atoms with Gasteiger partial charge in [-0.15, -0.1) is 0 Å². The molecule has 0 aliphatic carbocycles. The highest BCUT2D eigenvalue weighted by atomic mass is 32.2. The lowest BCUT2D eigenvalue weighted by Gasteiger charge is -2.23. The van der Waals surface area contributed by atoms with Crippen LogP contribution in [-0.4, -0.2) is 20.6 Å². The highest BCUT2D eigenvalue weighted by molar-refractivity contribution is 7.92. The van der Waals surface area contributed by atoms with Crippen LogP contribution in [0.2, 0.25) is 0 Å². The number of rotatable bonds is 7. The van der Waals surface area contributed by atoms with E-state index in [1.54, 1.807) is 24.3 Å². The van der Waals surface area contributed by atoms with E-state index in [4.69, 9.17) is 0 Å². The average molecular weight is 423 g/mol. The van der Waals surface area contributed by atoms with E-state index in [0.717, 1.165) is 22.3 Å². The molecule has 0 aliphatic heterocycles. The normalized spacial score (nSPS) is 11.2. The van der Waals surface area contributed by atoms with Gasteiger partial charge in [-0.1, -0.05) is 48.5 Å². The summed E-state index contributed by atoms with van der Waals surface area (Å²) in [7, 11) is -3.48. The highest BCUT2D eigenvalue weighted by Crippen LogP contribution is 2.22. The Labute approximate surface area is 178 Å². The van der Waals surface area contributed by atoms with Crippen LogP contribution in [0.25, 0.3) is 0 Å². The highest BCUT2D eigenvalue weighted by Gasteiger charge is 2.19. The summed E-state index contributed by atoms with van der Waals surface area (Å²) < 4.78 is 26.2. The third-order valence-corrected chi connectivity index (χ3v) is 6.23. The predicted molar refractivity (Wildman–Crippen MR) is 121 cm³/mol. The van der Waals surface area contributed by atoms with Gasteiger partial charge in [0.1, 0.15) is 0 Å². The van der Waals surface area contributed by atoms with E-state index in [-0.39, 0.29) is 12.5 Å². The molecular formula is C24H26N2O3S. The summed E-state index contributed by atoms with van der Waals surface area (Å²) in [5, 5.41) is 2.91. The van der Waals surface area contributed by atoms with Crippen LogP contribution in [0, 0.1) is 13.8 Å². The number of amides is 1. The van der Waals surface area contributed by atoms with Crippen molar-refractivity contribution in [3.63, 3.8) is 0 Å². The molecule has 3 rings (SSSR count). The van der Waals surface area contributed by atoms with Crippen molar-refractivity contribution in [2.75, 3.05) is 10.6 Å². The second-order valence-corrected chi connectivity index (χ2v) is 9.26. The number of hydrogen-bond donors (Lipinski definition) is 1. The topological polar surface area (TPSA) is 66.5 Å². The van der Waals surface area contributed by atoms with Crippen LogP contribution in [0.1, 0.15) is 32.6 Å². The Balaban J connectivity index is 1.75. The molecule has 0 saturated carbocycles. The van der Waals surface area contributed by atoms with E-state index in [2.05, 4.69) is 5.32 Å². The van der Waals surface area contributed by atoms with Crippen LogP contribution in [-0.2, 0) is 23.1 Å². The van der Waals surface area contributed by atoms with Crippen molar-refractivity contribution in [2.24, 2.45) is 0 Å². The Kier molecular flexibility index (Phi) is 6.57. The number of anilines is 1. The lowest BCUT2D eigenvalue weighted by atomic mass is 10.1. The number of aryl methyl sites for hydroxylation is 2. The molecule has 0 aliphatic rings. The van der Waals surface area contributed by atoms with E-state index >= 15 is 0 Å². The monoisotopic (exact) mass is 422 g/mol. The van der Waals surface area contributed by atoms with Crippen molar-refractivity contribution in [1.82, 2.24) is 5.32 Å². The summed E-state index contributed by atoms with van der Waals surface area (Å²) in [6.07, 6.45) is 1.19. The molecule has 5 nitrogen and oxygen atoms in total. The lowest BCUT2D eigenvalue weighted by Crippen LogP contribution is -2.29. The summed E-state index contributed by atoms with van der Waals surface area (Å²) in [5.74, 6) is -0.199. The van der Waals surface area contributed by atoms with Crippen molar-refractivity contribution in [3.05, 3.63) is 101 Å². The van der Waals surface area contributed by atoms with Gasteiger partial charge >= 0.3 is 0 Å². The Bertz CT molecular complexity index is 1140. The van der Waals surface area contributed by atoms with E-state index in [1.807, 2.05) is 62.4 Å². The molecule has 0 fully saturated rings. The largest absolute Gasteiger partial charge is 0.348 e. The molecule has 0 spiro atoms. The van der Waals surface area contributed by atoms with Crippen molar-refractivity contribution < 1.29 is 13.2 Å². The molecule has 0 heterocycles. The van der Waals surface area contributed by atoms with Gasteiger partial charge in [-0.05, 0) is 60.4 Å². The smallest absolute Gasteiger partial charge is 0.251 e. The number of carbonyl (C=O) groups is 1. The van der Waals surface area contributed by atoms with Gasteiger partial charge in [-0.25, -0.2) is 8.42 Å². The zero-order chi connectivity index (χ0) is 21.7. The van der Waals surface area contributed by atoms with Gasteiger partial charge in [0, 0.05) is 12.1 Å². The SMILES string of the molecule is Cc1ccccc1CNC(=O)c1ccc(N(Cc2ccccc2C)S(C)(=O)=O)cc1. The molecule has 0 aromatic heterocycles. The number of carbonyl (C=O) groups excluding carboxylic acids is 1. The second-order valence-electron chi connectivity index (χ2n) is 7.35. The van der Waals surface area contributed by atoms with E-state index in [0.29, 0.717) is 17.8 Å². The molecule has 0 saturated heterocycles. The summed E-state index contributed by atoms with van der Waals surface area (Å²) in [6, 6.07) is 22.2. The minimum Gasteiger partial charge on any atom is -0.348 e. The van der Waals surface area contributed by atoms with Crippen LogP contribution < -0.4 is 9.62 Å². The first kappa shape index (κ1) is 21.6. The molecule has 6 heteroatoms. The molecule has 3 aromatic rings. The van der Waals surface area contributed by atoms with Crippen molar-refractivity contribution in [3.8, 4) is 0 Å². The third-order valence-electron chi connectivity index (χ3n) is 5.09. The van der Waals surface area contributed by atoms with Gasteiger partial charge in [0.15, 0.2) is 0 Å². The second kappa shape index (κ2) is 9.13. The molecule has 1 amide bonds. The Morgan fingerprint density at radius 1 is 0.833 bits per heavy atom. The number of nitrogens with one attached hydrogen (secondary N) is 1. The predicted octanol–water partition coefficient (Wildman–Crippen LogP) is 4.20. The fraction of sp³-hybridized carbons (Fsp3) is 0.208. The molecule has 1 N–H and O–H groups in total. The van der Waals surface area contributed by atoms with Crippen LogP contribution in [0.3, 0.4) is 0 Å². The molecule has 3 aromatic carbocycles. The first-order valence-electron chi connectivity index (χ1n) is 9.70. The maximum atomic E-state index is 12.5. The first-order valence-corrected chi connectivity index (χ1v) is 11.6. The standard InChI is InChI=1S/C24H26N2O3S/c1-18-8-4-6-10-21(18)16-25-24(27)20-12-14-23(15-13-20)26(30(3,28)29)17-22-11-7-5-9-19(22)2/h4-15H,16-17H2,1-3H3,(H,25,27). The zero-order valence-corrected chi connectivity index (χ0v) is 18.2. The minimum absolute atomic E-state index is 0.199. The van der Waals surface area contributed by atoms with Crippen LogP contribution in [0.5, 0.6) is 0 Å². The third kappa shape index (κ3) is 5.27. The van der Waals surface area contributed by atoms with Crippen LogP contribution in [0.15, 0.2) is 72.8 Å². The van der Waals surface area contributed by atoms with Gasteiger partial charge in [-0.2, -0.15) is 0 Å². The van der Waals surface area contributed by atoms with Crippen molar-refractivity contribution in [2.45, 2.75) is 26.9 Å². The first-order chi connectivity index (χ1) is 14.3. The molecule has 0 bridgehead atoms. The summed E-state index contributed by atoms with van der Waals surface area (Å²) in [4.78, 5) is 12.5. The summed E-state index contributed by atoms with van der Waals surface area (Å²) in [5.41, 5.74) is 5.14. The Morgan fingerprint density at radius 3 is 1.90 bits per heavy atom. The Morgan fingerprint density at radius 2 is 1.37 bits per heavy atom. The van der Waals surface area contributed by atoms with Gasteiger partial charge in [0.25, 0.3) is 5.91 Å². The summed E-state index contributed by atoms with van der Waals surface area (Å²) in [6.45, 7) is 4.64. The van der Waals surface area contributed by atoms with Gasteiger partial charge in [-0.3, -0.25) is 9.10 Å². The minimum atomic E-state index is -3.48. The quantitative estimate of drug-likeness (QED) is 0.621. The zero-order valence-electron chi connectivity index (χ0n) is 17.4. The van der Waals surface area contributed by atoms with Crippen molar-refractivity contribution in [1.29, 1.82) is 0 Å². The number of benzene rings is 3. The van der Waals surface area contributed by atoms with Gasteiger partial charge < -0.3 is 5.32 Å². The molecule has 156 valence electrons. The molecule has 0 radical (unpaired) electrons. The van der Waals surface area contributed by atoms with Gasteiger partial charge in [0.2, 0.25) is 10.0 Å². The fourth-order valence-electron chi connectivity index (χ4n) is 3.21. The summed E-state index contributed by atoms with van der Waals surface area (Å²) >= 11 is 0. The van der Waals surface area contributed by atoms with E-state index in [9.17, 15) is 13.2 Å². The molecular weight excluding hydrogens is 396 g/mol. The van der Waals surface area contributed by atoms with Crippen molar-refractivity contribution >= 4 is 21.6 Å². The van der Waals surface area contributed by atoms with E-state index in [1.165, 1.54) is 10.6 Å². The number of hydrogen-bond acceptors (Lipinski definition) is 3. The van der Waals surface area contributed by atoms with Crippen LogP contribution in [0.4, 0.5) is 5.69 Å². The van der Waals surface area contributed by atoms with Gasteiger partial charge in [0.05, 0.1) is 18.5 Å². The van der Waals surface area contributed by atoms with E-state index < -0.39 is 10.0 Å². The number of nitrogens with zero attached hydrogens (tertiary/aromatic N) is 1. The molecule has 0 atom stereocenters. The fourth-order valence-corrected chi connectivity index (χ4v) is 4.09. The maximum absolute atomic E-state index is 12.5. The lowest BCUT2D eigenvalue weighted by molar-refractivity contribution is 0.0951. The maximum Gasteiger partial charge on any atom is 0.251 e. The average Bonchev–Trinajstić information content (AvgIpc) is 2.71. The molecule has 0 unspecified atom stereocenters. The Hall–Kier alpha value is -3.12. The number of sulfonamides is 1.